The van der Waals surface area contributed by atoms with Gasteiger partial charge >= 0.3 is 0 Å². The molecule has 0 bridgehead atoms. The quantitative estimate of drug-likeness (QED) is 0.785. The SMILES string of the molecule is COc1ccc(CN(C(=O)C2CCN(C(=O)C(C)C)CC2)C2CC2)cc1. The molecule has 1 saturated carbocycles. The molecule has 5 heteroatoms. The van der Waals surface area contributed by atoms with Gasteiger partial charge in [-0.25, -0.2) is 0 Å². The number of ether oxygens (including phenoxy) is 1. The van der Waals surface area contributed by atoms with E-state index >= 15 is 0 Å². The van der Waals surface area contributed by atoms with Crippen LogP contribution >= 0.6 is 0 Å². The molecule has 3 rings (SSSR count). The number of nitrogens with zero attached hydrogens (tertiary/aromatic N) is 2. The fourth-order valence-corrected chi connectivity index (χ4v) is 3.65. The van der Waals surface area contributed by atoms with Gasteiger partial charge in [0.25, 0.3) is 0 Å². The summed E-state index contributed by atoms with van der Waals surface area (Å²) in [5.74, 6) is 1.37. The van der Waals surface area contributed by atoms with Crippen molar-refractivity contribution in [3.8, 4) is 5.75 Å². The van der Waals surface area contributed by atoms with Crippen LogP contribution in [-0.2, 0) is 16.1 Å². The van der Waals surface area contributed by atoms with Crippen LogP contribution in [0.2, 0.25) is 0 Å². The summed E-state index contributed by atoms with van der Waals surface area (Å²) < 4.78 is 5.21. The third kappa shape index (κ3) is 4.37. The summed E-state index contributed by atoms with van der Waals surface area (Å²) in [6, 6.07) is 8.35. The lowest BCUT2D eigenvalue weighted by Gasteiger charge is -2.35. The third-order valence-electron chi connectivity index (χ3n) is 5.43. The summed E-state index contributed by atoms with van der Waals surface area (Å²) in [6.07, 6.45) is 3.77. The van der Waals surface area contributed by atoms with Crippen molar-refractivity contribution >= 4 is 11.8 Å². The average molecular weight is 358 g/mol. The Kier molecular flexibility index (Phi) is 5.84. The monoisotopic (exact) mass is 358 g/mol. The Morgan fingerprint density at radius 2 is 1.73 bits per heavy atom. The van der Waals surface area contributed by atoms with E-state index in [0.29, 0.717) is 25.7 Å². The Hall–Kier alpha value is -2.04. The second-order valence-electron chi connectivity index (χ2n) is 7.80. The van der Waals surface area contributed by atoms with Crippen LogP contribution in [-0.4, -0.2) is 47.9 Å². The van der Waals surface area contributed by atoms with Gasteiger partial charge in [-0.05, 0) is 43.4 Å². The van der Waals surface area contributed by atoms with Crippen LogP contribution in [0.25, 0.3) is 0 Å². The maximum atomic E-state index is 13.1. The lowest BCUT2D eigenvalue weighted by atomic mass is 9.94. The second-order valence-corrected chi connectivity index (χ2v) is 7.80. The number of piperidine rings is 1. The highest BCUT2D eigenvalue weighted by molar-refractivity contribution is 5.81. The number of benzene rings is 1. The van der Waals surface area contributed by atoms with Crippen molar-refractivity contribution in [2.24, 2.45) is 11.8 Å². The molecule has 0 atom stereocenters. The van der Waals surface area contributed by atoms with E-state index in [1.54, 1.807) is 7.11 Å². The lowest BCUT2D eigenvalue weighted by molar-refractivity contribution is -0.142. The van der Waals surface area contributed by atoms with Gasteiger partial charge in [-0.15, -0.1) is 0 Å². The zero-order chi connectivity index (χ0) is 18.7. The van der Waals surface area contributed by atoms with Gasteiger partial charge in [0.05, 0.1) is 7.11 Å². The zero-order valence-corrected chi connectivity index (χ0v) is 16.1. The van der Waals surface area contributed by atoms with Gasteiger partial charge < -0.3 is 14.5 Å². The lowest BCUT2D eigenvalue weighted by Crippen LogP contribution is -2.45. The van der Waals surface area contributed by atoms with Crippen molar-refractivity contribution in [3.63, 3.8) is 0 Å². The van der Waals surface area contributed by atoms with Crippen molar-refractivity contribution in [2.45, 2.75) is 52.1 Å². The molecule has 0 N–H and O–H groups in total. The molecule has 0 radical (unpaired) electrons. The molecule has 1 heterocycles. The highest BCUT2D eigenvalue weighted by Gasteiger charge is 2.37. The molecule has 0 spiro atoms. The molecule has 1 aromatic rings. The number of carbonyl (C=O) groups excluding carboxylic acids is 2. The van der Waals surface area contributed by atoms with E-state index < -0.39 is 0 Å². The standard InChI is InChI=1S/C21H30N2O3/c1-15(2)20(24)22-12-10-17(11-13-22)21(25)23(18-6-7-18)14-16-4-8-19(26-3)9-5-16/h4-5,8-9,15,17-18H,6-7,10-14H2,1-3H3. The largest absolute Gasteiger partial charge is 0.497 e. The topological polar surface area (TPSA) is 49.9 Å². The van der Waals surface area contributed by atoms with Gasteiger partial charge in [-0.1, -0.05) is 26.0 Å². The van der Waals surface area contributed by atoms with Crippen LogP contribution < -0.4 is 4.74 Å². The minimum absolute atomic E-state index is 0.0280. The number of hydrogen-bond donors (Lipinski definition) is 0. The predicted molar refractivity (Wildman–Crippen MR) is 101 cm³/mol. The number of likely N-dealkylation sites (tertiary alicyclic amines) is 1. The van der Waals surface area contributed by atoms with E-state index in [2.05, 4.69) is 4.90 Å². The molecule has 2 aliphatic rings. The molecule has 26 heavy (non-hydrogen) atoms. The Labute approximate surface area is 156 Å². The summed E-state index contributed by atoms with van der Waals surface area (Å²) in [5, 5.41) is 0. The van der Waals surface area contributed by atoms with Gasteiger partial charge in [0, 0.05) is 37.5 Å². The first-order chi connectivity index (χ1) is 12.5. The van der Waals surface area contributed by atoms with Gasteiger partial charge in [-0.3, -0.25) is 9.59 Å². The first-order valence-corrected chi connectivity index (χ1v) is 9.71. The normalized spacial score (nSPS) is 18.1. The number of rotatable bonds is 6. The van der Waals surface area contributed by atoms with E-state index in [-0.39, 0.29) is 23.7 Å². The molecular formula is C21H30N2O3. The number of hydrogen-bond acceptors (Lipinski definition) is 3. The Morgan fingerprint density at radius 1 is 1.12 bits per heavy atom. The fourth-order valence-electron chi connectivity index (χ4n) is 3.65. The van der Waals surface area contributed by atoms with Gasteiger partial charge in [-0.2, -0.15) is 0 Å². The van der Waals surface area contributed by atoms with E-state index in [0.717, 1.165) is 37.0 Å². The molecule has 1 aliphatic carbocycles. The molecule has 142 valence electrons. The van der Waals surface area contributed by atoms with Gasteiger partial charge in [0.2, 0.25) is 11.8 Å². The van der Waals surface area contributed by atoms with Crippen LogP contribution in [0.4, 0.5) is 0 Å². The fraction of sp³-hybridized carbons (Fsp3) is 0.619. The number of carbonyl (C=O) groups is 2. The maximum Gasteiger partial charge on any atom is 0.226 e. The van der Waals surface area contributed by atoms with Gasteiger partial charge in [0.1, 0.15) is 5.75 Å². The van der Waals surface area contributed by atoms with Crippen molar-refractivity contribution in [3.05, 3.63) is 29.8 Å². The van der Waals surface area contributed by atoms with Crippen LogP contribution in [0.5, 0.6) is 5.75 Å². The molecule has 0 aromatic heterocycles. The second kappa shape index (κ2) is 8.11. The Bertz CT molecular complexity index is 629. The first-order valence-electron chi connectivity index (χ1n) is 9.71. The average Bonchev–Trinajstić information content (AvgIpc) is 3.50. The molecular weight excluding hydrogens is 328 g/mol. The van der Waals surface area contributed by atoms with Crippen LogP contribution in [0.15, 0.2) is 24.3 Å². The van der Waals surface area contributed by atoms with Gasteiger partial charge in [0.15, 0.2) is 0 Å². The first kappa shape index (κ1) is 18.7. The third-order valence-corrected chi connectivity index (χ3v) is 5.43. The summed E-state index contributed by atoms with van der Waals surface area (Å²) >= 11 is 0. The summed E-state index contributed by atoms with van der Waals surface area (Å²) in [6.45, 7) is 5.94. The zero-order valence-electron chi connectivity index (χ0n) is 16.1. The minimum atomic E-state index is 0.0280. The van der Waals surface area contributed by atoms with Crippen LogP contribution in [0, 0.1) is 11.8 Å². The van der Waals surface area contributed by atoms with Crippen molar-refractivity contribution in [2.75, 3.05) is 20.2 Å². The maximum absolute atomic E-state index is 13.1. The van der Waals surface area contributed by atoms with Crippen molar-refractivity contribution < 1.29 is 14.3 Å². The molecule has 5 nitrogen and oxygen atoms in total. The van der Waals surface area contributed by atoms with Crippen LogP contribution in [0.3, 0.4) is 0 Å². The summed E-state index contributed by atoms with van der Waals surface area (Å²) in [5.41, 5.74) is 1.14. The smallest absolute Gasteiger partial charge is 0.226 e. The summed E-state index contributed by atoms with van der Waals surface area (Å²) in [4.78, 5) is 29.2. The molecule has 0 unspecified atom stereocenters. The highest BCUT2D eigenvalue weighted by atomic mass is 16.5. The van der Waals surface area contributed by atoms with E-state index in [4.69, 9.17) is 4.74 Å². The number of amides is 2. The van der Waals surface area contributed by atoms with E-state index in [9.17, 15) is 9.59 Å². The van der Waals surface area contributed by atoms with Crippen LogP contribution in [0.1, 0.15) is 45.1 Å². The highest BCUT2D eigenvalue weighted by Crippen LogP contribution is 2.32. The molecule has 1 aromatic carbocycles. The number of methoxy groups -OCH3 is 1. The minimum Gasteiger partial charge on any atom is -0.497 e. The predicted octanol–water partition coefficient (Wildman–Crippen LogP) is 3.08. The molecule has 2 amide bonds. The molecule has 1 saturated heterocycles. The summed E-state index contributed by atoms with van der Waals surface area (Å²) in [7, 11) is 1.66. The Balaban J connectivity index is 1.60. The Morgan fingerprint density at radius 3 is 2.23 bits per heavy atom. The van der Waals surface area contributed by atoms with Crippen molar-refractivity contribution in [1.29, 1.82) is 0 Å². The van der Waals surface area contributed by atoms with Crippen molar-refractivity contribution in [1.82, 2.24) is 9.80 Å². The molecule has 1 aliphatic heterocycles. The van der Waals surface area contributed by atoms with E-state index in [1.807, 2.05) is 43.0 Å². The van der Waals surface area contributed by atoms with E-state index in [1.165, 1.54) is 0 Å². The molecule has 2 fully saturated rings.